The lowest BCUT2D eigenvalue weighted by molar-refractivity contribution is 0.101. The highest BCUT2D eigenvalue weighted by atomic mass is 19.1. The maximum atomic E-state index is 13.6. The topological polar surface area (TPSA) is 47.3 Å². The van der Waals surface area contributed by atoms with Gasteiger partial charge in [0.25, 0.3) is 0 Å². The first-order valence-electron chi connectivity index (χ1n) is 6.98. The first kappa shape index (κ1) is 15.2. The highest BCUT2D eigenvalue weighted by Gasteiger charge is 2.18. The van der Waals surface area contributed by atoms with Gasteiger partial charge in [0.05, 0.1) is 17.6 Å². The minimum absolute atomic E-state index is 0.259. The molecule has 0 spiro atoms. The van der Waals surface area contributed by atoms with E-state index in [-0.39, 0.29) is 6.61 Å². The molecule has 0 amide bonds. The van der Waals surface area contributed by atoms with Crippen molar-refractivity contribution >= 4 is 0 Å². The Morgan fingerprint density at radius 1 is 1.13 bits per heavy atom. The van der Waals surface area contributed by atoms with Crippen LogP contribution in [-0.4, -0.2) is 21.3 Å². The van der Waals surface area contributed by atoms with Crippen LogP contribution in [0.1, 0.15) is 11.7 Å². The maximum absolute atomic E-state index is 13.6. The second-order valence-electron chi connectivity index (χ2n) is 4.93. The van der Waals surface area contributed by atoms with Crippen molar-refractivity contribution < 1.29 is 18.6 Å². The smallest absolute Gasteiger partial charge is 0.132 e. The van der Waals surface area contributed by atoms with Crippen molar-refractivity contribution in [1.82, 2.24) is 9.55 Å². The Kier molecular flexibility index (Phi) is 4.34. The fourth-order valence-electron chi connectivity index (χ4n) is 2.23. The van der Waals surface area contributed by atoms with Gasteiger partial charge in [-0.15, -0.1) is 0 Å². The molecule has 2 aromatic carbocycles. The van der Waals surface area contributed by atoms with Crippen LogP contribution < -0.4 is 4.74 Å². The average Bonchev–Trinajstić information content (AvgIpc) is 3.07. The van der Waals surface area contributed by atoms with Gasteiger partial charge < -0.3 is 14.4 Å². The largest absolute Gasteiger partial charge is 0.490 e. The van der Waals surface area contributed by atoms with Crippen LogP contribution >= 0.6 is 0 Å². The van der Waals surface area contributed by atoms with Crippen molar-refractivity contribution in [3.05, 3.63) is 78.4 Å². The van der Waals surface area contributed by atoms with E-state index in [0.29, 0.717) is 5.75 Å². The number of imidazole rings is 1. The Hall–Kier alpha value is -2.73. The number of halogens is 2. The summed E-state index contributed by atoms with van der Waals surface area (Å²) in [5, 5.41) is 9.98. The molecule has 0 saturated heterocycles. The van der Waals surface area contributed by atoms with Crippen molar-refractivity contribution in [1.29, 1.82) is 0 Å². The Morgan fingerprint density at radius 3 is 2.57 bits per heavy atom. The number of aliphatic hydroxyl groups is 1. The lowest BCUT2D eigenvalue weighted by Crippen LogP contribution is -2.13. The van der Waals surface area contributed by atoms with Crippen LogP contribution in [0.15, 0.2) is 61.2 Å². The van der Waals surface area contributed by atoms with Crippen LogP contribution in [0, 0.1) is 11.6 Å². The summed E-state index contributed by atoms with van der Waals surface area (Å²) in [6, 6.07) is 10.5. The number of rotatable bonds is 5. The normalized spacial score (nSPS) is 12.1. The van der Waals surface area contributed by atoms with Gasteiger partial charge in [-0.25, -0.2) is 13.8 Å². The van der Waals surface area contributed by atoms with E-state index in [1.54, 1.807) is 41.5 Å². The molecule has 0 aliphatic carbocycles. The van der Waals surface area contributed by atoms with Crippen molar-refractivity contribution in [2.24, 2.45) is 0 Å². The highest BCUT2D eigenvalue weighted by molar-refractivity contribution is 5.39. The van der Waals surface area contributed by atoms with Gasteiger partial charge in [0.1, 0.15) is 30.1 Å². The Bertz CT molecular complexity index is 771. The standard InChI is InChI=1S/C17H14F2N2O2/c18-14-5-2-6-15(19)17(14)16(22)10-23-13-4-1-3-12(9-13)21-8-7-20-11-21/h1-9,11,16,22H,10H2. The fourth-order valence-corrected chi connectivity index (χ4v) is 2.23. The summed E-state index contributed by atoms with van der Waals surface area (Å²) in [4.78, 5) is 3.96. The molecule has 0 saturated carbocycles. The van der Waals surface area contributed by atoms with Crippen LogP contribution in [0.5, 0.6) is 5.75 Å². The van der Waals surface area contributed by atoms with E-state index in [4.69, 9.17) is 4.74 Å². The van der Waals surface area contributed by atoms with E-state index in [1.807, 2.05) is 6.07 Å². The molecule has 0 fully saturated rings. The number of ether oxygens (including phenoxy) is 1. The summed E-state index contributed by atoms with van der Waals surface area (Å²) >= 11 is 0. The zero-order valence-electron chi connectivity index (χ0n) is 12.1. The second-order valence-corrected chi connectivity index (χ2v) is 4.93. The molecule has 3 aromatic rings. The van der Waals surface area contributed by atoms with Gasteiger partial charge in [-0.1, -0.05) is 12.1 Å². The Labute approximate surface area is 131 Å². The molecule has 6 heteroatoms. The molecule has 118 valence electrons. The summed E-state index contributed by atoms with van der Waals surface area (Å²) in [6.45, 7) is -0.259. The van der Waals surface area contributed by atoms with E-state index in [1.165, 1.54) is 6.07 Å². The molecule has 3 rings (SSSR count). The number of hydrogen-bond donors (Lipinski definition) is 1. The van der Waals surface area contributed by atoms with Crippen molar-refractivity contribution in [2.45, 2.75) is 6.10 Å². The van der Waals surface area contributed by atoms with Crippen LogP contribution in [0.3, 0.4) is 0 Å². The fraction of sp³-hybridized carbons (Fsp3) is 0.118. The van der Waals surface area contributed by atoms with E-state index in [9.17, 15) is 13.9 Å². The first-order valence-corrected chi connectivity index (χ1v) is 6.98. The van der Waals surface area contributed by atoms with Gasteiger partial charge in [0, 0.05) is 18.5 Å². The highest BCUT2D eigenvalue weighted by Crippen LogP contribution is 2.23. The lowest BCUT2D eigenvalue weighted by atomic mass is 10.1. The third kappa shape index (κ3) is 3.37. The molecule has 1 atom stereocenters. The summed E-state index contributed by atoms with van der Waals surface area (Å²) in [5.41, 5.74) is 0.435. The third-order valence-electron chi connectivity index (χ3n) is 3.36. The van der Waals surface area contributed by atoms with Crippen LogP contribution in [-0.2, 0) is 0 Å². The van der Waals surface area contributed by atoms with Gasteiger partial charge in [-0.05, 0) is 24.3 Å². The van der Waals surface area contributed by atoms with Gasteiger partial charge in [-0.3, -0.25) is 0 Å². The number of aliphatic hydroxyl groups excluding tert-OH is 1. The van der Waals surface area contributed by atoms with Gasteiger partial charge in [-0.2, -0.15) is 0 Å². The van der Waals surface area contributed by atoms with E-state index in [0.717, 1.165) is 17.8 Å². The molecule has 23 heavy (non-hydrogen) atoms. The molecule has 0 radical (unpaired) electrons. The summed E-state index contributed by atoms with van der Waals surface area (Å²) in [5.74, 6) is -1.12. The third-order valence-corrected chi connectivity index (χ3v) is 3.36. The van der Waals surface area contributed by atoms with Gasteiger partial charge in [0.15, 0.2) is 0 Å². The number of nitrogens with zero attached hydrogens (tertiary/aromatic N) is 2. The minimum atomic E-state index is -1.40. The SMILES string of the molecule is OC(COc1cccc(-n2ccnc2)c1)c1c(F)cccc1F. The zero-order chi connectivity index (χ0) is 16.2. The van der Waals surface area contributed by atoms with E-state index in [2.05, 4.69) is 4.98 Å². The lowest BCUT2D eigenvalue weighted by Gasteiger charge is -2.14. The molecule has 1 aromatic heterocycles. The maximum Gasteiger partial charge on any atom is 0.132 e. The Morgan fingerprint density at radius 2 is 1.87 bits per heavy atom. The van der Waals surface area contributed by atoms with Gasteiger partial charge >= 0.3 is 0 Å². The molecule has 0 aliphatic heterocycles. The van der Waals surface area contributed by atoms with Crippen molar-refractivity contribution in [3.63, 3.8) is 0 Å². The molecular formula is C17H14F2N2O2. The quantitative estimate of drug-likeness (QED) is 0.786. The Balaban J connectivity index is 1.72. The minimum Gasteiger partial charge on any atom is -0.490 e. The number of benzene rings is 2. The average molecular weight is 316 g/mol. The van der Waals surface area contributed by atoms with Crippen LogP contribution in [0.4, 0.5) is 8.78 Å². The molecule has 1 N–H and O–H groups in total. The van der Waals surface area contributed by atoms with Crippen LogP contribution in [0.25, 0.3) is 5.69 Å². The molecule has 0 aliphatic rings. The monoisotopic (exact) mass is 316 g/mol. The molecule has 4 nitrogen and oxygen atoms in total. The van der Waals surface area contributed by atoms with E-state index < -0.39 is 23.3 Å². The predicted octanol–water partition coefficient (Wildman–Crippen LogP) is 3.26. The number of hydrogen-bond acceptors (Lipinski definition) is 3. The zero-order valence-corrected chi connectivity index (χ0v) is 12.1. The summed E-state index contributed by atoms with van der Waals surface area (Å²) in [7, 11) is 0. The summed E-state index contributed by atoms with van der Waals surface area (Å²) in [6.07, 6.45) is 3.68. The van der Waals surface area contributed by atoms with Crippen LogP contribution in [0.2, 0.25) is 0 Å². The second kappa shape index (κ2) is 6.58. The molecular weight excluding hydrogens is 302 g/mol. The van der Waals surface area contributed by atoms with E-state index >= 15 is 0 Å². The molecule has 1 unspecified atom stereocenters. The van der Waals surface area contributed by atoms with Crippen molar-refractivity contribution in [2.75, 3.05) is 6.61 Å². The van der Waals surface area contributed by atoms with Crippen molar-refractivity contribution in [3.8, 4) is 11.4 Å². The van der Waals surface area contributed by atoms with Gasteiger partial charge in [0.2, 0.25) is 0 Å². The predicted molar refractivity (Wildman–Crippen MR) is 80.4 cm³/mol. The molecule has 1 heterocycles. The summed E-state index contributed by atoms with van der Waals surface area (Å²) < 4.78 is 34.5. The number of aromatic nitrogens is 2. The first-order chi connectivity index (χ1) is 11.1. The molecule has 0 bridgehead atoms.